The van der Waals surface area contributed by atoms with Crippen LogP contribution in [0.4, 0.5) is 0 Å². The largest absolute Gasteiger partial charge is 0.508 e. The summed E-state index contributed by atoms with van der Waals surface area (Å²) in [5, 5.41) is 30.7. The fourth-order valence-electron chi connectivity index (χ4n) is 9.60. The highest BCUT2D eigenvalue weighted by molar-refractivity contribution is 6.00. The maximum atomic E-state index is 14.3. The zero-order chi connectivity index (χ0) is 57.4. The van der Waals surface area contributed by atoms with E-state index in [1.807, 2.05) is 0 Å². The fourth-order valence-corrected chi connectivity index (χ4v) is 9.60. The van der Waals surface area contributed by atoms with E-state index >= 15 is 0 Å². The number of carbonyl (C=O) groups is 12. The number of aromatic hydroxyl groups is 1. The third-order valence-electron chi connectivity index (χ3n) is 13.7. The Balaban J connectivity index is 1.52. The van der Waals surface area contributed by atoms with Gasteiger partial charge in [-0.15, -0.1) is 0 Å². The second-order valence-corrected chi connectivity index (χ2v) is 20.8. The van der Waals surface area contributed by atoms with Crippen molar-refractivity contribution in [2.24, 2.45) is 23.3 Å². The number of hydrogen-bond acceptors (Lipinski definition) is 13. The van der Waals surface area contributed by atoms with E-state index in [2.05, 4.69) is 42.5 Å². The number of primary amides is 2. The van der Waals surface area contributed by atoms with Crippen molar-refractivity contribution < 1.29 is 62.6 Å². The molecule has 3 saturated heterocycles. The Morgan fingerprint density at radius 3 is 1.63 bits per heavy atom. The molecule has 25 heteroatoms. The highest BCUT2D eigenvalue weighted by atomic mass is 16.3. The highest BCUT2D eigenvalue weighted by Gasteiger charge is 2.42. The molecule has 12 amide bonds. The van der Waals surface area contributed by atoms with Gasteiger partial charge in [0, 0.05) is 32.4 Å². The topological polar surface area (TPSA) is 380 Å². The molecule has 3 fully saturated rings. The minimum absolute atomic E-state index is 0.0211. The first-order chi connectivity index (χ1) is 36.9. The molecule has 0 bridgehead atoms. The molecule has 9 unspecified atom stereocenters. The van der Waals surface area contributed by atoms with Gasteiger partial charge in [0.2, 0.25) is 70.9 Å². The van der Waals surface area contributed by atoms with Crippen molar-refractivity contribution in [1.29, 1.82) is 0 Å². The van der Waals surface area contributed by atoms with Crippen LogP contribution in [0.1, 0.15) is 97.1 Å². The van der Waals surface area contributed by atoms with Crippen molar-refractivity contribution >= 4 is 70.9 Å². The average molecular weight is 1090 g/mol. The molecule has 3 aliphatic heterocycles. The quantitative estimate of drug-likeness (QED) is 0.105. The molecule has 3 aliphatic rings. The lowest BCUT2D eigenvalue weighted by Gasteiger charge is -2.32. The van der Waals surface area contributed by atoms with Crippen LogP contribution in [0.25, 0.3) is 0 Å². The number of phenolic OH excluding ortho intramolecular Hbond substituents is 1. The summed E-state index contributed by atoms with van der Waals surface area (Å²) >= 11 is 0. The predicted octanol–water partition coefficient (Wildman–Crippen LogP) is -2.45. The van der Waals surface area contributed by atoms with Gasteiger partial charge in [-0.05, 0) is 80.5 Å². The molecule has 0 radical (unpaired) electrons. The first-order valence-electron chi connectivity index (χ1n) is 26.3. The van der Waals surface area contributed by atoms with Crippen LogP contribution in [0.3, 0.4) is 0 Å². The van der Waals surface area contributed by atoms with E-state index in [9.17, 15) is 62.6 Å². The van der Waals surface area contributed by atoms with Gasteiger partial charge in [0.05, 0.1) is 13.0 Å². The summed E-state index contributed by atoms with van der Waals surface area (Å²) in [5.41, 5.74) is 12.0. The van der Waals surface area contributed by atoms with E-state index in [4.69, 9.17) is 11.5 Å². The third kappa shape index (κ3) is 17.5. The number of phenols is 1. The SMILES string of the molecule is CC(C)CC1NC(=O)C2CCCN2C(=O)C(C)NC(=O)C(Cc2ccc(O)cc2)NC(=O)C2CCCN2C(=O)C(C(C)C)NC(=O)CNC(=O)C(Cc2ccccc2)NC(=O)C(CC(N)=O)NC(=O)C(CCC(N)=O)NC1=O. The average Bonchev–Trinajstić information content (AvgIpc) is 4.10. The number of benzene rings is 2. The number of nitrogens with one attached hydrogen (secondary N) is 8. The van der Waals surface area contributed by atoms with E-state index in [-0.39, 0.29) is 56.9 Å². The molecule has 0 spiro atoms. The number of nitrogens with zero attached hydrogens (tertiary/aromatic N) is 2. The lowest BCUT2D eigenvalue weighted by atomic mass is 10.0. The Morgan fingerprint density at radius 1 is 0.577 bits per heavy atom. The van der Waals surface area contributed by atoms with E-state index < -0.39 is 157 Å². The number of fused-ring (bicyclic) bond motifs is 2. The summed E-state index contributed by atoms with van der Waals surface area (Å²) in [4.78, 5) is 168. The molecule has 0 aromatic heterocycles. The lowest BCUT2D eigenvalue weighted by molar-refractivity contribution is -0.143. The van der Waals surface area contributed by atoms with Crippen LogP contribution in [0.5, 0.6) is 5.75 Å². The zero-order valence-electron chi connectivity index (χ0n) is 44.6. The Bertz CT molecular complexity index is 2550. The molecule has 424 valence electrons. The molecule has 0 saturated carbocycles. The van der Waals surface area contributed by atoms with Gasteiger partial charge in [0.25, 0.3) is 0 Å². The maximum Gasteiger partial charge on any atom is 0.246 e. The van der Waals surface area contributed by atoms with Gasteiger partial charge >= 0.3 is 0 Å². The van der Waals surface area contributed by atoms with Crippen LogP contribution in [0.2, 0.25) is 0 Å². The second kappa shape index (κ2) is 28.3. The summed E-state index contributed by atoms with van der Waals surface area (Å²) in [6, 6.07) is 2.15. The van der Waals surface area contributed by atoms with Crippen molar-refractivity contribution in [1.82, 2.24) is 52.3 Å². The van der Waals surface area contributed by atoms with Gasteiger partial charge in [-0.25, -0.2) is 0 Å². The van der Waals surface area contributed by atoms with Gasteiger partial charge < -0.3 is 68.9 Å². The van der Waals surface area contributed by atoms with Crippen molar-refractivity contribution in [2.45, 2.75) is 153 Å². The van der Waals surface area contributed by atoms with Gasteiger partial charge in [0.15, 0.2) is 0 Å². The maximum absolute atomic E-state index is 14.3. The predicted molar refractivity (Wildman–Crippen MR) is 280 cm³/mol. The summed E-state index contributed by atoms with van der Waals surface area (Å²) in [6.45, 7) is 7.80. The van der Waals surface area contributed by atoms with E-state index in [0.717, 1.165) is 0 Å². The lowest BCUT2D eigenvalue weighted by Crippen LogP contribution is -2.61. The number of carbonyl (C=O) groups excluding carboxylic acids is 12. The highest BCUT2D eigenvalue weighted by Crippen LogP contribution is 2.23. The molecule has 2 aromatic carbocycles. The number of hydrogen-bond donors (Lipinski definition) is 11. The van der Waals surface area contributed by atoms with Crippen molar-refractivity contribution in [3.63, 3.8) is 0 Å². The van der Waals surface area contributed by atoms with E-state index in [1.165, 1.54) is 28.9 Å². The summed E-state index contributed by atoms with van der Waals surface area (Å²) in [7, 11) is 0. The number of nitrogens with two attached hydrogens (primary N) is 2. The second-order valence-electron chi connectivity index (χ2n) is 20.8. The van der Waals surface area contributed by atoms with E-state index in [1.54, 1.807) is 70.2 Å². The fraction of sp³-hybridized carbons (Fsp3) is 0.547. The minimum Gasteiger partial charge on any atom is -0.508 e. The Kier molecular flexibility index (Phi) is 22.0. The molecule has 78 heavy (non-hydrogen) atoms. The standard InChI is InChI=1S/C53H74N12O13/c1-28(2)23-35-48(73)58-34(19-20-41(54)67)46(71)60-38(26-42(55)68)49(74)59-36(24-31-11-7-6-8-12-31)45(70)56-27-43(69)63-44(29(3)4)53(78)65-22-10-14-40(65)51(76)62-37(25-32-15-17-33(66)18-16-32)47(72)57-30(5)52(77)64-21-9-13-39(64)50(75)61-35/h6-8,11-12,15-18,28-30,34-40,44,66H,9-10,13-14,19-27H2,1-5H3,(H2,54,67)(H2,55,68)(H,56,70)(H,57,72)(H,58,73)(H,59,74)(H,60,71)(H,61,75)(H,62,76)(H,63,69). The van der Waals surface area contributed by atoms with Gasteiger partial charge in [-0.1, -0.05) is 70.2 Å². The smallest absolute Gasteiger partial charge is 0.246 e. The zero-order valence-corrected chi connectivity index (χ0v) is 44.6. The first kappa shape index (κ1) is 60.7. The van der Waals surface area contributed by atoms with Crippen LogP contribution in [0, 0.1) is 11.8 Å². The van der Waals surface area contributed by atoms with Crippen molar-refractivity contribution in [3.05, 3.63) is 65.7 Å². The van der Waals surface area contributed by atoms with Crippen molar-refractivity contribution in [2.75, 3.05) is 19.6 Å². The molecule has 5 rings (SSSR count). The summed E-state index contributed by atoms with van der Waals surface area (Å²) in [6.07, 6.45) is -0.770. The molecule has 2 aromatic rings. The van der Waals surface area contributed by atoms with Crippen LogP contribution in [-0.4, -0.2) is 160 Å². The summed E-state index contributed by atoms with van der Waals surface area (Å²) < 4.78 is 0. The van der Waals surface area contributed by atoms with Crippen LogP contribution in [-0.2, 0) is 70.4 Å². The molecule has 9 atom stereocenters. The first-order valence-corrected chi connectivity index (χ1v) is 26.3. The molecular weight excluding hydrogens is 1010 g/mol. The minimum atomic E-state index is -1.76. The molecule has 13 N–H and O–H groups in total. The molecule has 0 aliphatic carbocycles. The van der Waals surface area contributed by atoms with E-state index in [0.29, 0.717) is 24.0 Å². The normalized spacial score (nSPS) is 26.1. The Hall–Kier alpha value is -8.12. The van der Waals surface area contributed by atoms with Crippen LogP contribution < -0.4 is 54.0 Å². The Labute approximate surface area is 452 Å². The van der Waals surface area contributed by atoms with Gasteiger partial charge in [-0.3, -0.25) is 57.5 Å². The van der Waals surface area contributed by atoms with Crippen molar-refractivity contribution in [3.8, 4) is 5.75 Å². The Morgan fingerprint density at radius 2 is 1.06 bits per heavy atom. The monoisotopic (exact) mass is 1090 g/mol. The number of rotatable bonds is 12. The van der Waals surface area contributed by atoms with Crippen LogP contribution >= 0.6 is 0 Å². The molecule has 3 heterocycles. The number of amides is 12. The van der Waals surface area contributed by atoms with Gasteiger partial charge in [0.1, 0.15) is 60.1 Å². The molecular formula is C53H74N12O13. The summed E-state index contributed by atoms with van der Waals surface area (Å²) in [5.74, 6) is -10.9. The molecule has 25 nitrogen and oxygen atoms in total. The van der Waals surface area contributed by atoms with Crippen LogP contribution in [0.15, 0.2) is 54.6 Å². The van der Waals surface area contributed by atoms with Gasteiger partial charge in [-0.2, -0.15) is 0 Å². The third-order valence-corrected chi connectivity index (χ3v) is 13.7.